The van der Waals surface area contributed by atoms with E-state index in [9.17, 15) is 9.59 Å². The Morgan fingerprint density at radius 2 is 1.95 bits per heavy atom. The lowest BCUT2D eigenvalue weighted by Gasteiger charge is -2.37. The van der Waals surface area contributed by atoms with Gasteiger partial charge >= 0.3 is 6.09 Å². The SMILES string of the molecule is CCC1=C[NH+]2C(SC)=CN(Nc3ccc(N4CCN(C(=O)OC(C)(C)C)CC4)cc3OC)C(C(N)=O)C2=N1. The highest BCUT2D eigenvalue weighted by Crippen LogP contribution is 2.32. The molecule has 1 aromatic rings. The number of primary amides is 1. The number of anilines is 2. The van der Waals surface area contributed by atoms with Gasteiger partial charge in [0.15, 0.2) is 5.03 Å². The lowest BCUT2D eigenvalue weighted by molar-refractivity contribution is -0.692. The summed E-state index contributed by atoms with van der Waals surface area (Å²) in [5, 5.41) is 2.70. The van der Waals surface area contributed by atoms with Crippen LogP contribution in [0.4, 0.5) is 16.2 Å². The summed E-state index contributed by atoms with van der Waals surface area (Å²) in [6, 6.07) is 5.11. The summed E-state index contributed by atoms with van der Waals surface area (Å²) >= 11 is 1.59. The van der Waals surface area contributed by atoms with Gasteiger partial charge in [0.2, 0.25) is 11.9 Å². The molecule has 1 fully saturated rings. The summed E-state index contributed by atoms with van der Waals surface area (Å²) in [6.07, 6.45) is 6.41. The van der Waals surface area contributed by atoms with Crippen molar-refractivity contribution in [3.05, 3.63) is 41.3 Å². The molecule has 2 amide bonds. The Hall–Kier alpha value is -3.38. The predicted molar refractivity (Wildman–Crippen MR) is 150 cm³/mol. The molecule has 1 saturated heterocycles. The molecule has 0 aliphatic carbocycles. The zero-order valence-electron chi connectivity index (χ0n) is 22.9. The number of nitrogens with two attached hydrogens (primary N) is 1. The van der Waals surface area contributed by atoms with Crippen LogP contribution in [0.25, 0.3) is 0 Å². The van der Waals surface area contributed by atoms with E-state index in [1.54, 1.807) is 28.8 Å². The number of carbonyl (C=O) groups is 2. The molecule has 38 heavy (non-hydrogen) atoms. The lowest BCUT2D eigenvalue weighted by atomic mass is 10.2. The summed E-state index contributed by atoms with van der Waals surface area (Å²) in [6.45, 7) is 10.1. The number of hydrazine groups is 1. The minimum atomic E-state index is -0.758. The molecule has 0 bridgehead atoms. The highest BCUT2D eigenvalue weighted by molar-refractivity contribution is 8.02. The maximum absolute atomic E-state index is 12.6. The summed E-state index contributed by atoms with van der Waals surface area (Å²) in [4.78, 5) is 34.6. The van der Waals surface area contributed by atoms with Crippen molar-refractivity contribution in [3.8, 4) is 5.75 Å². The maximum atomic E-state index is 12.6. The smallest absolute Gasteiger partial charge is 0.410 e. The zero-order chi connectivity index (χ0) is 27.6. The molecule has 3 aliphatic rings. The normalized spacial score (nSPS) is 21.3. The largest absolute Gasteiger partial charge is 0.494 e. The van der Waals surface area contributed by atoms with Crippen LogP contribution in [0.15, 0.2) is 46.3 Å². The Kier molecular flexibility index (Phi) is 8.12. The quantitative estimate of drug-likeness (QED) is 0.477. The standard InChI is InChI=1S/C26H37N7O4S/c1-7-17-15-32-21(38-6)16-33(22(23(27)34)24(32)28-17)29-19-9-8-18(14-20(19)36-5)30-10-12-31(13-11-30)25(35)37-26(2,3)4/h8-9,14-16,22,29H,7,10-13H2,1-6H3,(H2,27,34)/p+1. The second-order valence-corrected chi connectivity index (χ2v) is 11.1. The molecule has 1 aromatic carbocycles. The van der Waals surface area contributed by atoms with E-state index in [2.05, 4.69) is 10.3 Å². The second kappa shape index (κ2) is 11.2. The van der Waals surface area contributed by atoms with Crippen molar-refractivity contribution in [2.45, 2.75) is 45.8 Å². The van der Waals surface area contributed by atoms with Crippen LogP contribution in [-0.4, -0.2) is 78.9 Å². The number of allylic oxidation sites excluding steroid dienone is 1. The van der Waals surface area contributed by atoms with Crippen molar-refractivity contribution in [2.24, 2.45) is 10.7 Å². The average Bonchev–Trinajstić information content (AvgIpc) is 3.31. The minimum Gasteiger partial charge on any atom is -0.494 e. The van der Waals surface area contributed by atoms with Crippen molar-refractivity contribution in [3.63, 3.8) is 0 Å². The fraction of sp³-hybridized carbons (Fsp3) is 0.500. The van der Waals surface area contributed by atoms with Crippen LogP contribution in [0.5, 0.6) is 5.75 Å². The number of thioether (sulfide) groups is 1. The number of ether oxygens (including phenoxy) is 2. The van der Waals surface area contributed by atoms with E-state index in [0.29, 0.717) is 43.5 Å². The molecular weight excluding hydrogens is 506 g/mol. The minimum absolute atomic E-state index is 0.286. The Bertz CT molecular complexity index is 1170. The van der Waals surface area contributed by atoms with Gasteiger partial charge in [-0.05, 0) is 45.6 Å². The van der Waals surface area contributed by atoms with E-state index in [4.69, 9.17) is 20.2 Å². The Morgan fingerprint density at radius 3 is 2.53 bits per heavy atom. The van der Waals surface area contributed by atoms with Gasteiger partial charge in [0.25, 0.3) is 5.91 Å². The Balaban J connectivity index is 1.50. The number of hydrogen-bond donors (Lipinski definition) is 3. The Labute approximate surface area is 228 Å². The first-order chi connectivity index (χ1) is 18.0. The van der Waals surface area contributed by atoms with Crippen LogP contribution in [-0.2, 0) is 9.53 Å². The van der Waals surface area contributed by atoms with Gasteiger partial charge in [0.05, 0.1) is 24.7 Å². The molecule has 206 valence electrons. The van der Waals surface area contributed by atoms with Gasteiger partial charge in [-0.3, -0.25) is 15.2 Å². The van der Waals surface area contributed by atoms with E-state index in [-0.39, 0.29) is 6.09 Å². The molecule has 4 rings (SSSR count). The highest BCUT2D eigenvalue weighted by Gasteiger charge is 2.44. The van der Waals surface area contributed by atoms with Crippen molar-refractivity contribution in [1.29, 1.82) is 0 Å². The van der Waals surface area contributed by atoms with Crippen molar-refractivity contribution in [2.75, 3.05) is 49.9 Å². The molecule has 0 aromatic heterocycles. The van der Waals surface area contributed by atoms with Gasteiger partial charge in [-0.15, -0.1) is 0 Å². The first-order valence-corrected chi connectivity index (χ1v) is 13.9. The fourth-order valence-electron chi connectivity index (χ4n) is 4.59. The third-order valence-electron chi connectivity index (χ3n) is 6.49. The van der Waals surface area contributed by atoms with Crippen LogP contribution < -0.4 is 25.7 Å². The van der Waals surface area contributed by atoms with Crippen LogP contribution in [0.1, 0.15) is 34.1 Å². The molecule has 3 aliphatic heterocycles. The van der Waals surface area contributed by atoms with E-state index >= 15 is 0 Å². The van der Waals surface area contributed by atoms with Gasteiger partial charge in [-0.25, -0.2) is 9.69 Å². The number of carbonyl (C=O) groups excluding carboxylic acids is 2. The van der Waals surface area contributed by atoms with Gasteiger partial charge < -0.3 is 25.0 Å². The maximum Gasteiger partial charge on any atom is 0.410 e. The Morgan fingerprint density at radius 1 is 1.24 bits per heavy atom. The zero-order valence-corrected chi connectivity index (χ0v) is 23.7. The number of benzene rings is 1. The van der Waals surface area contributed by atoms with Gasteiger partial charge in [0.1, 0.15) is 17.6 Å². The summed E-state index contributed by atoms with van der Waals surface area (Å²) < 4.78 is 11.2. The number of nitrogens with one attached hydrogen (secondary N) is 2. The summed E-state index contributed by atoms with van der Waals surface area (Å²) in [5.41, 5.74) is 11.3. The number of amides is 2. The number of quaternary nitrogens is 1. The molecule has 3 heterocycles. The number of rotatable bonds is 7. The second-order valence-electron chi connectivity index (χ2n) is 10.3. The van der Waals surface area contributed by atoms with E-state index in [0.717, 1.165) is 27.7 Å². The summed E-state index contributed by atoms with van der Waals surface area (Å²) in [5.74, 6) is 0.788. The molecule has 0 radical (unpaired) electrons. The van der Waals surface area contributed by atoms with Gasteiger partial charge in [-0.1, -0.05) is 18.7 Å². The first kappa shape index (κ1) is 27.6. The van der Waals surface area contributed by atoms with E-state index < -0.39 is 17.6 Å². The average molecular weight is 545 g/mol. The first-order valence-electron chi connectivity index (χ1n) is 12.7. The highest BCUT2D eigenvalue weighted by atomic mass is 32.2. The molecule has 12 heteroatoms. The molecule has 0 spiro atoms. The van der Waals surface area contributed by atoms with E-state index in [1.807, 2.05) is 64.5 Å². The number of aliphatic imine (C=N–C) groups is 1. The molecule has 2 unspecified atom stereocenters. The number of fused-ring (bicyclic) bond motifs is 1. The lowest BCUT2D eigenvalue weighted by Crippen LogP contribution is -3.10. The van der Waals surface area contributed by atoms with Gasteiger partial charge in [0, 0.05) is 37.9 Å². The molecule has 2 atom stereocenters. The number of piperazine rings is 1. The van der Waals surface area contributed by atoms with Crippen LogP contribution in [0.2, 0.25) is 0 Å². The number of amidine groups is 1. The van der Waals surface area contributed by atoms with Crippen molar-refractivity contribution >= 4 is 41.0 Å². The third-order valence-corrected chi connectivity index (χ3v) is 7.26. The van der Waals surface area contributed by atoms with Crippen LogP contribution in [0.3, 0.4) is 0 Å². The molecule has 0 saturated carbocycles. The third kappa shape index (κ3) is 5.86. The monoisotopic (exact) mass is 544 g/mol. The molecule has 11 nitrogen and oxygen atoms in total. The predicted octanol–water partition coefficient (Wildman–Crippen LogP) is 1.96. The number of hydrogen-bond acceptors (Lipinski definition) is 9. The summed E-state index contributed by atoms with van der Waals surface area (Å²) in [7, 11) is 1.61. The van der Waals surface area contributed by atoms with Crippen molar-refractivity contribution in [1.82, 2.24) is 9.91 Å². The fourth-order valence-corrected chi connectivity index (χ4v) is 5.19. The topological polar surface area (TPSA) is 117 Å². The van der Waals surface area contributed by atoms with Crippen molar-refractivity contribution < 1.29 is 24.0 Å². The van der Waals surface area contributed by atoms with Crippen LogP contribution >= 0.6 is 11.8 Å². The number of nitrogens with zero attached hydrogens (tertiary/aromatic N) is 4. The number of methoxy groups -OCH3 is 1. The van der Waals surface area contributed by atoms with Crippen LogP contribution in [0, 0.1) is 0 Å². The van der Waals surface area contributed by atoms with E-state index in [1.165, 1.54) is 0 Å². The van der Waals surface area contributed by atoms with Gasteiger partial charge in [-0.2, -0.15) is 4.99 Å². The molecular formula is C26H38N7O4S+. The molecule has 4 N–H and O–H groups in total.